The monoisotopic (exact) mass is 315 g/mol. The van der Waals surface area contributed by atoms with Crippen molar-refractivity contribution in [3.63, 3.8) is 0 Å². The Bertz CT molecular complexity index is 683. The number of hydrogen-bond donors (Lipinski definition) is 2. The minimum atomic E-state index is 0.479. The quantitative estimate of drug-likeness (QED) is 0.633. The number of pyridine rings is 1. The molecule has 2 aromatic rings. The number of anilines is 1. The Kier molecular flexibility index (Phi) is 4.55. The van der Waals surface area contributed by atoms with Crippen LogP contribution < -0.4 is 9.62 Å². The zero-order chi connectivity index (χ0) is 15.5. The van der Waals surface area contributed by atoms with Crippen molar-refractivity contribution in [3.05, 3.63) is 24.0 Å². The van der Waals surface area contributed by atoms with Crippen molar-refractivity contribution in [2.45, 2.75) is 38.3 Å². The molecule has 2 N–H and O–H groups in total. The van der Waals surface area contributed by atoms with Crippen LogP contribution in [0.1, 0.15) is 31.7 Å². The van der Waals surface area contributed by atoms with Gasteiger partial charge in [-0.3, -0.25) is 4.72 Å². The maximum atomic E-state index is 9.39. The average molecular weight is 315 g/mol. The van der Waals surface area contributed by atoms with E-state index in [0.717, 1.165) is 35.3 Å². The first kappa shape index (κ1) is 15.2. The van der Waals surface area contributed by atoms with Gasteiger partial charge in [-0.25, -0.2) is 4.98 Å². The van der Waals surface area contributed by atoms with E-state index in [-0.39, 0.29) is 0 Å². The van der Waals surface area contributed by atoms with Crippen LogP contribution in [0.2, 0.25) is 0 Å². The summed E-state index contributed by atoms with van der Waals surface area (Å²) in [4.78, 5) is 9.67. The predicted octanol–water partition coefficient (Wildman–Crippen LogP) is 3.05. The fourth-order valence-corrected chi connectivity index (χ4v) is 3.67. The lowest BCUT2D eigenvalue weighted by atomic mass is 9.86. The van der Waals surface area contributed by atoms with Crippen LogP contribution in [0.15, 0.2) is 18.5 Å². The van der Waals surface area contributed by atoms with Crippen LogP contribution in [0.5, 0.6) is 0 Å². The van der Waals surface area contributed by atoms with Gasteiger partial charge in [-0.05, 0) is 25.3 Å². The van der Waals surface area contributed by atoms with E-state index >= 15 is 0 Å². The van der Waals surface area contributed by atoms with Gasteiger partial charge in [0, 0.05) is 42.7 Å². The smallest absolute Gasteiger partial charge is 0.139 e. The number of rotatable bonds is 6. The topological polar surface area (TPSA) is 67.7 Å². The molecule has 116 valence electrons. The summed E-state index contributed by atoms with van der Waals surface area (Å²) in [7, 11) is 2.09. The summed E-state index contributed by atoms with van der Waals surface area (Å²) in [5, 5.41) is 10.4. The van der Waals surface area contributed by atoms with Crippen LogP contribution >= 0.6 is 11.9 Å². The number of nitrogens with one attached hydrogen (secondary N) is 2. The van der Waals surface area contributed by atoms with Crippen LogP contribution in [0.4, 0.5) is 5.69 Å². The Labute approximate surface area is 135 Å². The van der Waals surface area contributed by atoms with Crippen molar-refractivity contribution >= 4 is 28.7 Å². The van der Waals surface area contributed by atoms with Gasteiger partial charge in [-0.15, -0.1) is 0 Å². The lowest BCUT2D eigenvalue weighted by Crippen LogP contribution is -2.50. The Balaban J connectivity index is 1.72. The van der Waals surface area contributed by atoms with Gasteiger partial charge in [-0.1, -0.05) is 18.9 Å². The number of aromatic nitrogens is 2. The third kappa shape index (κ3) is 2.79. The molecule has 1 saturated carbocycles. The summed E-state index contributed by atoms with van der Waals surface area (Å²) in [5.41, 5.74) is 2.48. The number of fused-ring (bicyclic) bond motifs is 1. The Hall–Kier alpha value is -1.71. The molecule has 0 saturated heterocycles. The number of H-pyrrole nitrogens is 1. The molecule has 2 aromatic heterocycles. The maximum absolute atomic E-state index is 9.39. The standard InChI is InChI=1S/C16H21N5S/c1-3-6-22-20-12-7-13(8-12)21(2)15-11(9-17)10-19-16-14(15)4-5-18-16/h4-5,10,12-13,20H,3,6-8H2,1-2H3,(H,18,19). The van der Waals surface area contributed by atoms with Gasteiger partial charge in [0.05, 0.1) is 11.3 Å². The molecule has 0 aliphatic heterocycles. The first-order chi connectivity index (χ1) is 10.7. The molecule has 1 aliphatic carbocycles. The third-order valence-electron chi connectivity index (χ3n) is 4.25. The van der Waals surface area contributed by atoms with Gasteiger partial charge < -0.3 is 9.88 Å². The van der Waals surface area contributed by atoms with Gasteiger partial charge in [-0.2, -0.15) is 5.26 Å². The maximum Gasteiger partial charge on any atom is 0.139 e. The molecule has 0 aromatic carbocycles. The van der Waals surface area contributed by atoms with Gasteiger partial charge in [0.25, 0.3) is 0 Å². The molecule has 0 radical (unpaired) electrons. The molecule has 0 spiro atoms. The molecule has 6 heteroatoms. The number of nitriles is 1. The molecular weight excluding hydrogens is 294 g/mol. The van der Waals surface area contributed by atoms with Gasteiger partial charge in [0.2, 0.25) is 0 Å². The highest BCUT2D eigenvalue weighted by Gasteiger charge is 2.33. The molecule has 0 bridgehead atoms. The van der Waals surface area contributed by atoms with Crippen molar-refractivity contribution in [1.29, 1.82) is 5.26 Å². The molecule has 1 fully saturated rings. The zero-order valence-electron chi connectivity index (χ0n) is 13.0. The molecular formula is C16H21N5S. The SMILES string of the molecule is CCCSNC1CC(N(C)c2c(C#N)cnc3[nH]ccc23)C1. The highest BCUT2D eigenvalue weighted by atomic mass is 32.2. The van der Waals surface area contributed by atoms with Crippen molar-refractivity contribution in [2.75, 3.05) is 17.7 Å². The average Bonchev–Trinajstić information content (AvgIpc) is 2.96. The van der Waals surface area contributed by atoms with Crippen LogP contribution in [-0.4, -0.2) is 34.9 Å². The summed E-state index contributed by atoms with van der Waals surface area (Å²) in [6.07, 6.45) is 6.97. The van der Waals surface area contributed by atoms with Gasteiger partial charge in [0.15, 0.2) is 0 Å². The minimum Gasteiger partial charge on any atom is -0.370 e. The molecule has 0 amide bonds. The number of nitrogens with zero attached hydrogens (tertiary/aromatic N) is 3. The Morgan fingerprint density at radius 3 is 3.09 bits per heavy atom. The lowest BCUT2D eigenvalue weighted by Gasteiger charge is -2.42. The van der Waals surface area contributed by atoms with E-state index in [1.807, 2.05) is 24.2 Å². The van der Waals surface area contributed by atoms with E-state index in [0.29, 0.717) is 17.6 Å². The molecule has 5 nitrogen and oxygen atoms in total. The highest BCUT2D eigenvalue weighted by molar-refractivity contribution is 7.97. The van der Waals surface area contributed by atoms with Crippen LogP contribution in [0, 0.1) is 11.3 Å². The highest BCUT2D eigenvalue weighted by Crippen LogP contribution is 2.35. The second-order valence-electron chi connectivity index (χ2n) is 5.77. The van der Waals surface area contributed by atoms with Crippen molar-refractivity contribution in [3.8, 4) is 6.07 Å². The summed E-state index contributed by atoms with van der Waals surface area (Å²) < 4.78 is 3.52. The molecule has 0 atom stereocenters. The predicted molar refractivity (Wildman–Crippen MR) is 91.9 cm³/mol. The first-order valence-corrected chi connectivity index (χ1v) is 8.69. The van der Waals surface area contributed by atoms with E-state index < -0.39 is 0 Å². The Morgan fingerprint density at radius 2 is 2.36 bits per heavy atom. The summed E-state index contributed by atoms with van der Waals surface area (Å²) >= 11 is 1.82. The summed E-state index contributed by atoms with van der Waals surface area (Å²) in [6, 6.07) is 5.34. The van der Waals surface area contributed by atoms with Crippen LogP contribution in [-0.2, 0) is 0 Å². The molecule has 0 unspecified atom stereocenters. The molecule has 3 rings (SSSR count). The normalized spacial score (nSPS) is 20.6. The molecule has 1 aliphatic rings. The van der Waals surface area contributed by atoms with E-state index in [1.165, 1.54) is 6.42 Å². The van der Waals surface area contributed by atoms with E-state index in [4.69, 9.17) is 0 Å². The summed E-state index contributed by atoms with van der Waals surface area (Å²) in [5.74, 6) is 1.16. The van der Waals surface area contributed by atoms with E-state index in [1.54, 1.807) is 6.20 Å². The van der Waals surface area contributed by atoms with E-state index in [9.17, 15) is 5.26 Å². The lowest BCUT2D eigenvalue weighted by molar-refractivity contribution is 0.324. The van der Waals surface area contributed by atoms with Crippen LogP contribution in [0.3, 0.4) is 0 Å². The van der Waals surface area contributed by atoms with Crippen LogP contribution in [0.25, 0.3) is 11.0 Å². The second-order valence-corrected chi connectivity index (χ2v) is 6.70. The first-order valence-electron chi connectivity index (χ1n) is 7.71. The van der Waals surface area contributed by atoms with Crippen molar-refractivity contribution in [2.24, 2.45) is 0 Å². The van der Waals surface area contributed by atoms with Gasteiger partial charge in [0.1, 0.15) is 11.7 Å². The van der Waals surface area contributed by atoms with Gasteiger partial charge >= 0.3 is 0 Å². The Morgan fingerprint density at radius 1 is 1.55 bits per heavy atom. The van der Waals surface area contributed by atoms with Crippen molar-refractivity contribution < 1.29 is 0 Å². The summed E-state index contributed by atoms with van der Waals surface area (Å²) in [6.45, 7) is 2.20. The van der Waals surface area contributed by atoms with E-state index in [2.05, 4.69) is 39.6 Å². The largest absolute Gasteiger partial charge is 0.370 e. The number of aromatic amines is 1. The fourth-order valence-electron chi connectivity index (χ4n) is 2.92. The van der Waals surface area contributed by atoms with Crippen molar-refractivity contribution in [1.82, 2.24) is 14.7 Å². The number of hydrogen-bond acceptors (Lipinski definition) is 5. The minimum absolute atomic E-state index is 0.479. The fraction of sp³-hybridized carbons (Fsp3) is 0.500. The molecule has 2 heterocycles. The molecule has 22 heavy (non-hydrogen) atoms. The third-order valence-corrected chi connectivity index (χ3v) is 5.36. The zero-order valence-corrected chi connectivity index (χ0v) is 13.8. The second kappa shape index (κ2) is 6.59.